The first-order valence-corrected chi connectivity index (χ1v) is 5.49. The topological polar surface area (TPSA) is 52.0 Å². The highest BCUT2D eigenvalue weighted by Gasteiger charge is 2.04. The maximum absolute atomic E-state index is 5.52. The van der Waals surface area contributed by atoms with Crippen LogP contribution in [0.2, 0.25) is 0 Å². The molecule has 0 saturated heterocycles. The van der Waals surface area contributed by atoms with E-state index in [0.717, 1.165) is 30.7 Å². The Morgan fingerprint density at radius 2 is 2.19 bits per heavy atom. The van der Waals surface area contributed by atoms with Gasteiger partial charge in [-0.1, -0.05) is 11.6 Å². The average molecular weight is 216 g/mol. The number of aromatic nitrogens is 1. The van der Waals surface area contributed by atoms with Crippen LogP contribution < -0.4 is 5.73 Å². The number of benzene rings is 1. The average Bonchev–Trinajstić information content (AvgIpc) is 2.79. The first-order valence-electron chi connectivity index (χ1n) is 5.49. The predicted octanol–water partition coefficient (Wildman–Crippen LogP) is 2.54. The van der Waals surface area contributed by atoms with Crippen LogP contribution in [-0.2, 0) is 6.42 Å². The van der Waals surface area contributed by atoms with Gasteiger partial charge in [-0.3, -0.25) is 0 Å². The van der Waals surface area contributed by atoms with Crippen LogP contribution in [0.25, 0.3) is 11.3 Å². The van der Waals surface area contributed by atoms with E-state index in [-0.39, 0.29) is 0 Å². The molecule has 2 rings (SSSR count). The maximum atomic E-state index is 5.52. The highest BCUT2D eigenvalue weighted by molar-refractivity contribution is 5.58. The Kier molecular flexibility index (Phi) is 3.37. The van der Waals surface area contributed by atoms with Crippen molar-refractivity contribution in [3.63, 3.8) is 0 Å². The standard InChI is InChI=1S/C13H16N2O/c1-10-5-11(3-2-4-14)7-12(6-10)13-8-15-9-16-13/h5-9H,2-4,14H2,1H3. The number of nitrogens with two attached hydrogens (primary N) is 1. The molecular weight excluding hydrogens is 200 g/mol. The molecule has 0 spiro atoms. The van der Waals surface area contributed by atoms with Crippen molar-refractivity contribution in [2.24, 2.45) is 5.73 Å². The van der Waals surface area contributed by atoms with E-state index >= 15 is 0 Å². The van der Waals surface area contributed by atoms with E-state index in [1.165, 1.54) is 17.5 Å². The summed E-state index contributed by atoms with van der Waals surface area (Å²) in [4.78, 5) is 3.93. The third-order valence-corrected chi connectivity index (χ3v) is 2.52. The highest BCUT2D eigenvalue weighted by atomic mass is 16.3. The van der Waals surface area contributed by atoms with E-state index in [4.69, 9.17) is 10.2 Å². The van der Waals surface area contributed by atoms with Crippen molar-refractivity contribution in [3.05, 3.63) is 41.9 Å². The first kappa shape index (κ1) is 10.9. The van der Waals surface area contributed by atoms with E-state index in [0.29, 0.717) is 0 Å². The molecule has 3 nitrogen and oxygen atoms in total. The SMILES string of the molecule is Cc1cc(CCCN)cc(-c2cnco2)c1. The molecule has 3 heteroatoms. The lowest BCUT2D eigenvalue weighted by atomic mass is 10.0. The number of rotatable bonds is 4. The van der Waals surface area contributed by atoms with Gasteiger partial charge in [0.1, 0.15) is 0 Å². The van der Waals surface area contributed by atoms with Gasteiger partial charge < -0.3 is 10.2 Å². The molecular formula is C13H16N2O. The summed E-state index contributed by atoms with van der Waals surface area (Å²) in [5.74, 6) is 0.817. The van der Waals surface area contributed by atoms with Crippen LogP contribution in [0.1, 0.15) is 17.5 Å². The van der Waals surface area contributed by atoms with E-state index in [2.05, 4.69) is 30.1 Å². The van der Waals surface area contributed by atoms with Gasteiger partial charge in [0.15, 0.2) is 12.2 Å². The fourth-order valence-electron chi connectivity index (χ4n) is 1.81. The lowest BCUT2D eigenvalue weighted by Gasteiger charge is -2.05. The van der Waals surface area contributed by atoms with Crippen LogP contribution in [0.5, 0.6) is 0 Å². The van der Waals surface area contributed by atoms with Crippen LogP contribution in [0.15, 0.2) is 35.2 Å². The van der Waals surface area contributed by atoms with Gasteiger partial charge in [-0.2, -0.15) is 0 Å². The lowest BCUT2D eigenvalue weighted by Crippen LogP contribution is -2.00. The molecule has 0 bridgehead atoms. The molecule has 0 amide bonds. The van der Waals surface area contributed by atoms with E-state index in [9.17, 15) is 0 Å². The molecule has 16 heavy (non-hydrogen) atoms. The molecule has 0 aliphatic rings. The molecule has 0 unspecified atom stereocenters. The van der Waals surface area contributed by atoms with Crippen molar-refractivity contribution < 1.29 is 4.42 Å². The summed E-state index contributed by atoms with van der Waals surface area (Å²) < 4.78 is 5.30. The number of hydrogen-bond acceptors (Lipinski definition) is 3. The quantitative estimate of drug-likeness (QED) is 0.854. The Balaban J connectivity index is 2.29. The molecule has 0 radical (unpaired) electrons. The Morgan fingerprint density at radius 1 is 1.31 bits per heavy atom. The zero-order chi connectivity index (χ0) is 11.4. The second-order valence-corrected chi connectivity index (χ2v) is 3.97. The summed E-state index contributed by atoms with van der Waals surface area (Å²) in [6.07, 6.45) is 5.22. The summed E-state index contributed by atoms with van der Waals surface area (Å²) in [6, 6.07) is 6.44. The van der Waals surface area contributed by atoms with Crippen molar-refractivity contribution in [1.82, 2.24) is 4.98 Å². The summed E-state index contributed by atoms with van der Waals surface area (Å²) in [5.41, 5.74) is 9.15. The minimum atomic E-state index is 0.728. The molecule has 0 fully saturated rings. The van der Waals surface area contributed by atoms with E-state index in [1.807, 2.05) is 0 Å². The second kappa shape index (κ2) is 4.94. The van der Waals surface area contributed by atoms with Gasteiger partial charge in [-0.15, -0.1) is 0 Å². The van der Waals surface area contributed by atoms with Gasteiger partial charge in [0, 0.05) is 5.56 Å². The second-order valence-electron chi connectivity index (χ2n) is 3.97. The van der Waals surface area contributed by atoms with Crippen molar-refractivity contribution in [1.29, 1.82) is 0 Å². The van der Waals surface area contributed by atoms with Crippen LogP contribution in [0.4, 0.5) is 0 Å². The minimum absolute atomic E-state index is 0.728. The number of aryl methyl sites for hydroxylation is 2. The highest BCUT2D eigenvalue weighted by Crippen LogP contribution is 2.22. The monoisotopic (exact) mass is 216 g/mol. The Morgan fingerprint density at radius 3 is 2.88 bits per heavy atom. The fourth-order valence-corrected chi connectivity index (χ4v) is 1.81. The van der Waals surface area contributed by atoms with Crippen molar-refractivity contribution in [2.75, 3.05) is 6.54 Å². The summed E-state index contributed by atoms with van der Waals surface area (Å²) in [7, 11) is 0. The van der Waals surface area contributed by atoms with Gasteiger partial charge in [0.2, 0.25) is 0 Å². The Hall–Kier alpha value is -1.61. The van der Waals surface area contributed by atoms with Crippen LogP contribution >= 0.6 is 0 Å². The van der Waals surface area contributed by atoms with Gasteiger partial charge >= 0.3 is 0 Å². The molecule has 0 atom stereocenters. The third kappa shape index (κ3) is 2.49. The largest absolute Gasteiger partial charge is 0.444 e. The Bertz CT molecular complexity index is 449. The van der Waals surface area contributed by atoms with Gasteiger partial charge in [-0.05, 0) is 44.0 Å². The molecule has 84 valence electrons. The minimum Gasteiger partial charge on any atom is -0.444 e. The summed E-state index contributed by atoms with van der Waals surface area (Å²) in [6.45, 7) is 2.82. The van der Waals surface area contributed by atoms with E-state index < -0.39 is 0 Å². The van der Waals surface area contributed by atoms with Gasteiger partial charge in [0.05, 0.1) is 6.20 Å². The predicted molar refractivity (Wildman–Crippen MR) is 64.1 cm³/mol. The summed E-state index contributed by atoms with van der Waals surface area (Å²) in [5, 5.41) is 0. The Labute approximate surface area is 95.3 Å². The first-order chi connectivity index (χ1) is 7.79. The molecule has 1 aromatic carbocycles. The van der Waals surface area contributed by atoms with Crippen molar-refractivity contribution in [2.45, 2.75) is 19.8 Å². The van der Waals surface area contributed by atoms with Crippen LogP contribution in [0, 0.1) is 6.92 Å². The smallest absolute Gasteiger partial charge is 0.181 e. The van der Waals surface area contributed by atoms with Crippen molar-refractivity contribution >= 4 is 0 Å². The molecule has 1 heterocycles. The molecule has 0 aliphatic carbocycles. The normalized spacial score (nSPS) is 10.6. The fraction of sp³-hybridized carbons (Fsp3) is 0.308. The zero-order valence-electron chi connectivity index (χ0n) is 9.44. The number of hydrogen-bond donors (Lipinski definition) is 1. The zero-order valence-corrected chi connectivity index (χ0v) is 9.44. The van der Waals surface area contributed by atoms with Gasteiger partial charge in [0.25, 0.3) is 0 Å². The molecule has 2 N–H and O–H groups in total. The third-order valence-electron chi connectivity index (χ3n) is 2.52. The van der Waals surface area contributed by atoms with E-state index in [1.54, 1.807) is 6.20 Å². The van der Waals surface area contributed by atoms with Crippen LogP contribution in [0.3, 0.4) is 0 Å². The molecule has 0 aliphatic heterocycles. The maximum Gasteiger partial charge on any atom is 0.181 e. The lowest BCUT2D eigenvalue weighted by molar-refractivity contribution is 0.572. The van der Waals surface area contributed by atoms with Gasteiger partial charge in [-0.25, -0.2) is 4.98 Å². The molecule has 1 aromatic heterocycles. The molecule has 0 saturated carbocycles. The number of oxazole rings is 1. The summed E-state index contributed by atoms with van der Waals surface area (Å²) >= 11 is 0. The number of nitrogens with zero attached hydrogens (tertiary/aromatic N) is 1. The van der Waals surface area contributed by atoms with Crippen LogP contribution in [-0.4, -0.2) is 11.5 Å². The van der Waals surface area contributed by atoms with Crippen molar-refractivity contribution in [3.8, 4) is 11.3 Å². The molecule has 2 aromatic rings.